The van der Waals surface area contributed by atoms with E-state index in [0.29, 0.717) is 0 Å². The summed E-state index contributed by atoms with van der Waals surface area (Å²) in [5.41, 5.74) is 0. The van der Waals surface area contributed by atoms with Gasteiger partial charge in [-0.1, -0.05) is 6.42 Å². The van der Waals surface area contributed by atoms with E-state index in [0.717, 1.165) is 45.4 Å². The lowest BCUT2D eigenvalue weighted by Gasteiger charge is -2.19. The molecule has 2 unspecified atom stereocenters. The van der Waals surface area contributed by atoms with Crippen LogP contribution in [0.25, 0.3) is 0 Å². The molecule has 4 nitrogen and oxygen atoms in total. The molecule has 2 atom stereocenters. The molecule has 0 radical (unpaired) electrons. The summed E-state index contributed by atoms with van der Waals surface area (Å²) < 4.78 is 28.3. The van der Waals surface area contributed by atoms with Crippen molar-refractivity contribution in [1.82, 2.24) is 5.32 Å². The Bertz CT molecular complexity index is 290. The molecule has 0 heterocycles. The van der Waals surface area contributed by atoms with Gasteiger partial charge < -0.3 is 10.1 Å². The van der Waals surface area contributed by atoms with E-state index in [-0.39, 0.29) is 11.3 Å². The fourth-order valence-electron chi connectivity index (χ4n) is 2.28. The number of rotatable bonds is 7. The van der Waals surface area contributed by atoms with Gasteiger partial charge in [0.1, 0.15) is 0 Å². The highest BCUT2D eigenvalue weighted by molar-refractivity contribution is 7.91. The molecule has 1 aliphatic carbocycles. The van der Waals surface area contributed by atoms with E-state index < -0.39 is 9.84 Å². The molecular formula is C11H23NO3S. The fourth-order valence-corrected chi connectivity index (χ4v) is 3.70. The van der Waals surface area contributed by atoms with Gasteiger partial charge in [0.2, 0.25) is 0 Å². The van der Waals surface area contributed by atoms with E-state index >= 15 is 0 Å². The van der Waals surface area contributed by atoms with Crippen molar-refractivity contribution in [3.8, 4) is 0 Å². The first kappa shape index (κ1) is 13.9. The average Bonchev–Trinajstić information content (AvgIpc) is 2.65. The molecule has 1 aliphatic rings. The van der Waals surface area contributed by atoms with Gasteiger partial charge in [0, 0.05) is 25.5 Å². The number of sulfone groups is 1. The SMILES string of the molecule is CCOCCCNC1CCCC1S(C)(=O)=O. The van der Waals surface area contributed by atoms with E-state index in [1.54, 1.807) is 0 Å². The third kappa shape index (κ3) is 4.39. The Morgan fingerprint density at radius 1 is 1.38 bits per heavy atom. The molecule has 1 fully saturated rings. The third-order valence-corrected chi connectivity index (χ3v) is 4.74. The Kier molecular flexibility index (Phi) is 5.72. The van der Waals surface area contributed by atoms with Crippen molar-refractivity contribution in [2.24, 2.45) is 0 Å². The van der Waals surface area contributed by atoms with Crippen LogP contribution in [0.1, 0.15) is 32.6 Å². The van der Waals surface area contributed by atoms with Crippen LogP contribution in [0.15, 0.2) is 0 Å². The van der Waals surface area contributed by atoms with E-state index in [9.17, 15) is 8.42 Å². The zero-order chi connectivity index (χ0) is 12.0. The molecule has 16 heavy (non-hydrogen) atoms. The number of ether oxygens (including phenoxy) is 1. The monoisotopic (exact) mass is 249 g/mol. The Balaban J connectivity index is 2.26. The Morgan fingerprint density at radius 3 is 2.75 bits per heavy atom. The van der Waals surface area contributed by atoms with Crippen molar-refractivity contribution in [2.45, 2.75) is 43.9 Å². The normalized spacial score (nSPS) is 26.1. The maximum Gasteiger partial charge on any atom is 0.151 e. The fraction of sp³-hybridized carbons (Fsp3) is 1.00. The van der Waals surface area contributed by atoms with Gasteiger partial charge in [-0.2, -0.15) is 0 Å². The summed E-state index contributed by atoms with van der Waals surface area (Å²) in [4.78, 5) is 0. The molecule has 0 aliphatic heterocycles. The van der Waals surface area contributed by atoms with Crippen LogP contribution >= 0.6 is 0 Å². The zero-order valence-corrected chi connectivity index (χ0v) is 11.1. The predicted molar refractivity (Wildman–Crippen MR) is 65.4 cm³/mol. The van der Waals surface area contributed by atoms with Gasteiger partial charge in [-0.05, 0) is 32.7 Å². The quantitative estimate of drug-likeness (QED) is 0.683. The van der Waals surface area contributed by atoms with Crippen LogP contribution in [0.3, 0.4) is 0 Å². The molecule has 0 amide bonds. The van der Waals surface area contributed by atoms with E-state index in [1.165, 1.54) is 6.26 Å². The van der Waals surface area contributed by atoms with E-state index in [4.69, 9.17) is 4.74 Å². The van der Waals surface area contributed by atoms with Gasteiger partial charge in [0.05, 0.1) is 5.25 Å². The van der Waals surface area contributed by atoms with E-state index in [1.807, 2.05) is 6.92 Å². The lowest BCUT2D eigenvalue weighted by Crippen LogP contribution is -2.40. The molecule has 0 spiro atoms. The lowest BCUT2D eigenvalue weighted by molar-refractivity contribution is 0.144. The minimum absolute atomic E-state index is 0.150. The summed E-state index contributed by atoms with van der Waals surface area (Å²) >= 11 is 0. The topological polar surface area (TPSA) is 55.4 Å². The molecular weight excluding hydrogens is 226 g/mol. The van der Waals surface area contributed by atoms with Crippen LogP contribution in [-0.2, 0) is 14.6 Å². The maximum absolute atomic E-state index is 11.5. The van der Waals surface area contributed by atoms with Crippen molar-refractivity contribution in [1.29, 1.82) is 0 Å². The molecule has 0 bridgehead atoms. The summed E-state index contributed by atoms with van der Waals surface area (Å²) in [5.74, 6) is 0. The molecule has 0 aromatic rings. The van der Waals surface area contributed by atoms with Crippen molar-refractivity contribution in [3.05, 3.63) is 0 Å². The highest BCUT2D eigenvalue weighted by atomic mass is 32.2. The van der Waals surface area contributed by atoms with Gasteiger partial charge in [0.25, 0.3) is 0 Å². The predicted octanol–water partition coefficient (Wildman–Crippen LogP) is 0.968. The standard InChI is InChI=1S/C11H23NO3S/c1-3-15-9-5-8-12-10-6-4-7-11(10)16(2,13)14/h10-12H,3-9H2,1-2H3. The largest absolute Gasteiger partial charge is 0.382 e. The zero-order valence-electron chi connectivity index (χ0n) is 10.2. The van der Waals surface area contributed by atoms with Crippen molar-refractivity contribution >= 4 is 9.84 Å². The third-order valence-electron chi connectivity index (χ3n) is 3.08. The highest BCUT2D eigenvalue weighted by Gasteiger charge is 2.33. The first-order chi connectivity index (χ1) is 7.55. The smallest absolute Gasteiger partial charge is 0.151 e. The molecule has 1 saturated carbocycles. The summed E-state index contributed by atoms with van der Waals surface area (Å²) in [6.07, 6.45) is 5.09. The first-order valence-electron chi connectivity index (χ1n) is 6.05. The summed E-state index contributed by atoms with van der Waals surface area (Å²) in [6, 6.07) is 0.150. The van der Waals surface area contributed by atoms with Crippen LogP contribution in [-0.4, -0.2) is 45.7 Å². The average molecular weight is 249 g/mol. The minimum Gasteiger partial charge on any atom is -0.382 e. The van der Waals surface area contributed by atoms with Crippen molar-refractivity contribution < 1.29 is 13.2 Å². The Morgan fingerprint density at radius 2 is 2.12 bits per heavy atom. The second-order valence-electron chi connectivity index (χ2n) is 4.41. The number of hydrogen-bond donors (Lipinski definition) is 1. The highest BCUT2D eigenvalue weighted by Crippen LogP contribution is 2.24. The minimum atomic E-state index is -2.89. The van der Waals surface area contributed by atoms with Gasteiger partial charge in [-0.15, -0.1) is 0 Å². The van der Waals surface area contributed by atoms with Gasteiger partial charge >= 0.3 is 0 Å². The second kappa shape index (κ2) is 6.57. The van der Waals surface area contributed by atoms with Crippen LogP contribution in [0.5, 0.6) is 0 Å². The lowest BCUT2D eigenvalue weighted by atomic mass is 10.2. The summed E-state index contributed by atoms with van der Waals surface area (Å²) in [5, 5.41) is 3.16. The van der Waals surface area contributed by atoms with E-state index in [2.05, 4.69) is 5.32 Å². The van der Waals surface area contributed by atoms with Crippen LogP contribution in [0.2, 0.25) is 0 Å². The summed E-state index contributed by atoms with van der Waals surface area (Å²) in [7, 11) is -2.89. The van der Waals surface area contributed by atoms with Crippen LogP contribution < -0.4 is 5.32 Å². The van der Waals surface area contributed by atoms with Gasteiger partial charge in [-0.25, -0.2) is 8.42 Å². The second-order valence-corrected chi connectivity index (χ2v) is 6.67. The van der Waals surface area contributed by atoms with Gasteiger partial charge in [0.15, 0.2) is 9.84 Å². The van der Waals surface area contributed by atoms with Gasteiger partial charge in [-0.3, -0.25) is 0 Å². The first-order valence-corrected chi connectivity index (χ1v) is 8.01. The number of nitrogens with one attached hydrogen (secondary N) is 1. The van der Waals surface area contributed by atoms with Crippen LogP contribution in [0.4, 0.5) is 0 Å². The Labute approximate surface area is 98.7 Å². The maximum atomic E-state index is 11.5. The molecule has 96 valence electrons. The van der Waals surface area contributed by atoms with Crippen LogP contribution in [0, 0.1) is 0 Å². The van der Waals surface area contributed by atoms with Crippen molar-refractivity contribution in [3.63, 3.8) is 0 Å². The molecule has 0 aromatic heterocycles. The Hall–Kier alpha value is -0.130. The van der Waals surface area contributed by atoms with Crippen molar-refractivity contribution in [2.75, 3.05) is 26.0 Å². The molecule has 1 N–H and O–H groups in total. The molecule has 0 aromatic carbocycles. The molecule has 1 rings (SSSR count). The number of hydrogen-bond acceptors (Lipinski definition) is 4. The molecule has 0 saturated heterocycles. The summed E-state index contributed by atoms with van der Waals surface area (Å²) in [6.45, 7) is 4.32. The molecule has 5 heteroatoms.